The van der Waals surface area contributed by atoms with Gasteiger partial charge in [0, 0.05) is 19.7 Å². The third kappa shape index (κ3) is 2.36. The molecule has 0 aromatic heterocycles. The molecule has 1 aliphatic carbocycles. The maximum absolute atomic E-state index is 12.3. The van der Waals surface area contributed by atoms with Crippen molar-refractivity contribution >= 4 is 11.9 Å². The molecular weight excluding hydrogens is 234 g/mol. The first kappa shape index (κ1) is 13.3. The summed E-state index contributed by atoms with van der Waals surface area (Å²) in [7, 11) is 2.83. The van der Waals surface area contributed by atoms with Crippen LogP contribution in [0.5, 0.6) is 0 Å². The van der Waals surface area contributed by atoms with Crippen LogP contribution in [0.2, 0.25) is 0 Å². The Hall–Kier alpha value is -1.10. The van der Waals surface area contributed by atoms with Crippen molar-refractivity contribution in [3.05, 3.63) is 0 Å². The molecule has 18 heavy (non-hydrogen) atoms. The fraction of sp³-hybridized carbons (Fsp3) is 0.846. The Bertz CT molecular complexity index is 325. The molecule has 0 aromatic rings. The van der Waals surface area contributed by atoms with Crippen LogP contribution in [0.25, 0.3) is 0 Å². The van der Waals surface area contributed by atoms with Crippen LogP contribution in [0.15, 0.2) is 0 Å². The summed E-state index contributed by atoms with van der Waals surface area (Å²) in [5.74, 6) is -0.886. The Labute approximate surface area is 107 Å². The van der Waals surface area contributed by atoms with Crippen molar-refractivity contribution in [1.29, 1.82) is 0 Å². The van der Waals surface area contributed by atoms with Crippen molar-refractivity contribution in [2.45, 2.75) is 44.2 Å². The maximum atomic E-state index is 12.3. The van der Waals surface area contributed by atoms with Crippen LogP contribution < -0.4 is 0 Å². The summed E-state index contributed by atoms with van der Waals surface area (Å²) in [6, 6.07) is 0.276. The number of esters is 1. The first-order valence-electron chi connectivity index (χ1n) is 6.60. The lowest BCUT2D eigenvalue weighted by Gasteiger charge is -2.31. The largest absolute Gasteiger partial charge is 0.469 e. The predicted molar refractivity (Wildman–Crippen MR) is 64.9 cm³/mol. The van der Waals surface area contributed by atoms with Gasteiger partial charge in [-0.05, 0) is 12.8 Å². The van der Waals surface area contributed by atoms with Gasteiger partial charge in [0.2, 0.25) is 0 Å². The summed E-state index contributed by atoms with van der Waals surface area (Å²) >= 11 is 0. The molecule has 2 atom stereocenters. The molecule has 1 heterocycles. The highest BCUT2D eigenvalue weighted by molar-refractivity contribution is 5.91. The number of carbonyl (C=O) groups excluding carboxylic acids is 2. The van der Waals surface area contributed by atoms with E-state index in [2.05, 4.69) is 0 Å². The summed E-state index contributed by atoms with van der Waals surface area (Å²) in [5.41, 5.74) is 0. The number of ether oxygens (including phenoxy) is 2. The SMILES string of the molecule is COC(=O)[C@@H]1CN(C2CCCCC2)C(=O)[C@@H]1OC. The molecular formula is C13H21NO4. The minimum absolute atomic E-state index is 0.0557. The molecule has 1 amide bonds. The molecule has 5 nitrogen and oxygen atoms in total. The molecule has 2 rings (SSSR count). The van der Waals surface area contributed by atoms with Crippen LogP contribution in [0.4, 0.5) is 0 Å². The Balaban J connectivity index is 2.09. The number of hydrogen-bond donors (Lipinski definition) is 0. The van der Waals surface area contributed by atoms with E-state index in [9.17, 15) is 9.59 Å². The topological polar surface area (TPSA) is 55.8 Å². The van der Waals surface area contributed by atoms with Crippen molar-refractivity contribution in [1.82, 2.24) is 4.90 Å². The summed E-state index contributed by atoms with van der Waals surface area (Å²) < 4.78 is 9.94. The van der Waals surface area contributed by atoms with E-state index in [-0.39, 0.29) is 17.9 Å². The van der Waals surface area contributed by atoms with Crippen molar-refractivity contribution in [2.75, 3.05) is 20.8 Å². The number of nitrogens with zero attached hydrogens (tertiary/aromatic N) is 1. The van der Waals surface area contributed by atoms with Gasteiger partial charge in [0.1, 0.15) is 5.92 Å². The third-order valence-corrected chi connectivity index (χ3v) is 4.06. The standard InChI is InChI=1S/C13H21NO4/c1-17-11-10(13(16)18-2)8-14(12(11)15)9-6-4-3-5-7-9/h9-11H,3-8H2,1-2H3/t10-,11-/m1/s1. The maximum Gasteiger partial charge on any atom is 0.313 e. The molecule has 1 saturated heterocycles. The number of likely N-dealkylation sites (tertiary alicyclic amines) is 1. The quantitative estimate of drug-likeness (QED) is 0.705. The van der Waals surface area contributed by atoms with Gasteiger partial charge in [0.25, 0.3) is 5.91 Å². The monoisotopic (exact) mass is 255 g/mol. The van der Waals surface area contributed by atoms with E-state index in [1.807, 2.05) is 4.90 Å². The molecule has 0 bridgehead atoms. The van der Waals surface area contributed by atoms with Crippen LogP contribution in [-0.2, 0) is 19.1 Å². The number of methoxy groups -OCH3 is 2. The predicted octanol–water partition coefficient (Wildman–Crippen LogP) is 0.965. The summed E-state index contributed by atoms with van der Waals surface area (Å²) in [5, 5.41) is 0. The van der Waals surface area contributed by atoms with Gasteiger partial charge in [-0.1, -0.05) is 19.3 Å². The highest BCUT2D eigenvalue weighted by Gasteiger charge is 2.47. The van der Waals surface area contributed by atoms with E-state index in [0.29, 0.717) is 6.54 Å². The number of carbonyl (C=O) groups is 2. The van der Waals surface area contributed by atoms with E-state index in [0.717, 1.165) is 25.7 Å². The third-order valence-electron chi connectivity index (χ3n) is 4.06. The van der Waals surface area contributed by atoms with E-state index in [4.69, 9.17) is 9.47 Å². The van der Waals surface area contributed by atoms with Gasteiger partial charge in [-0.25, -0.2) is 0 Å². The van der Waals surface area contributed by atoms with Crippen molar-refractivity contribution in [3.63, 3.8) is 0 Å². The Kier molecular flexibility index (Phi) is 4.22. The Morgan fingerprint density at radius 2 is 1.89 bits per heavy atom. The molecule has 0 N–H and O–H groups in total. The first-order valence-corrected chi connectivity index (χ1v) is 6.60. The van der Waals surface area contributed by atoms with Crippen LogP contribution in [0.3, 0.4) is 0 Å². The van der Waals surface area contributed by atoms with Crippen LogP contribution in [0.1, 0.15) is 32.1 Å². The van der Waals surface area contributed by atoms with Crippen LogP contribution in [0, 0.1) is 5.92 Å². The van der Waals surface area contributed by atoms with E-state index < -0.39 is 12.0 Å². The van der Waals surface area contributed by atoms with Crippen molar-refractivity contribution in [2.24, 2.45) is 5.92 Å². The smallest absolute Gasteiger partial charge is 0.313 e. The Morgan fingerprint density at radius 3 is 2.44 bits per heavy atom. The lowest BCUT2D eigenvalue weighted by Crippen LogP contribution is -2.40. The molecule has 2 fully saturated rings. The molecule has 0 radical (unpaired) electrons. The Morgan fingerprint density at radius 1 is 1.22 bits per heavy atom. The van der Waals surface area contributed by atoms with E-state index in [1.165, 1.54) is 20.6 Å². The fourth-order valence-electron chi connectivity index (χ4n) is 3.07. The van der Waals surface area contributed by atoms with Gasteiger partial charge >= 0.3 is 5.97 Å². The summed E-state index contributed by atoms with van der Waals surface area (Å²) in [6.07, 6.45) is 4.97. The van der Waals surface area contributed by atoms with Gasteiger partial charge in [-0.2, -0.15) is 0 Å². The van der Waals surface area contributed by atoms with E-state index in [1.54, 1.807) is 0 Å². The molecule has 0 aromatic carbocycles. The fourth-order valence-corrected chi connectivity index (χ4v) is 3.07. The lowest BCUT2D eigenvalue weighted by atomic mass is 9.94. The minimum Gasteiger partial charge on any atom is -0.469 e. The van der Waals surface area contributed by atoms with Gasteiger partial charge in [-0.3, -0.25) is 9.59 Å². The number of amides is 1. The minimum atomic E-state index is -0.667. The van der Waals surface area contributed by atoms with Gasteiger partial charge in [0.15, 0.2) is 6.10 Å². The van der Waals surface area contributed by atoms with Crippen LogP contribution >= 0.6 is 0 Å². The highest BCUT2D eigenvalue weighted by Crippen LogP contribution is 2.30. The first-order chi connectivity index (χ1) is 8.69. The summed E-state index contributed by atoms with van der Waals surface area (Å²) in [4.78, 5) is 25.8. The second-order valence-electron chi connectivity index (χ2n) is 5.07. The van der Waals surface area contributed by atoms with E-state index >= 15 is 0 Å². The zero-order valence-corrected chi connectivity index (χ0v) is 11.1. The normalized spacial score (nSPS) is 29.7. The average molecular weight is 255 g/mol. The number of hydrogen-bond acceptors (Lipinski definition) is 4. The van der Waals surface area contributed by atoms with Gasteiger partial charge in [0.05, 0.1) is 7.11 Å². The molecule has 0 spiro atoms. The highest BCUT2D eigenvalue weighted by atomic mass is 16.5. The zero-order chi connectivity index (χ0) is 13.1. The second-order valence-corrected chi connectivity index (χ2v) is 5.07. The van der Waals surface area contributed by atoms with Crippen molar-refractivity contribution in [3.8, 4) is 0 Å². The molecule has 5 heteroatoms. The van der Waals surface area contributed by atoms with Gasteiger partial charge in [-0.15, -0.1) is 0 Å². The lowest BCUT2D eigenvalue weighted by molar-refractivity contribution is -0.151. The average Bonchev–Trinajstić information content (AvgIpc) is 2.75. The molecule has 102 valence electrons. The van der Waals surface area contributed by atoms with Gasteiger partial charge < -0.3 is 14.4 Å². The number of rotatable bonds is 3. The molecule has 0 unspecified atom stereocenters. The zero-order valence-electron chi connectivity index (χ0n) is 11.1. The summed E-state index contributed by atoms with van der Waals surface area (Å²) in [6.45, 7) is 0.439. The van der Waals surface area contributed by atoms with Crippen molar-refractivity contribution < 1.29 is 19.1 Å². The molecule has 1 saturated carbocycles. The second kappa shape index (κ2) is 5.69. The molecule has 2 aliphatic rings. The molecule has 1 aliphatic heterocycles. The van der Waals surface area contributed by atoms with Crippen LogP contribution in [-0.4, -0.2) is 49.7 Å².